The smallest absolute Gasteiger partial charge is 0.235 e. The number of carbonyl (C=O) groups excluding carboxylic acids is 1. The maximum atomic E-state index is 12.4. The van der Waals surface area contributed by atoms with Gasteiger partial charge in [-0.15, -0.1) is 0 Å². The number of nitrogens with two attached hydrogens (primary N) is 1. The average Bonchev–Trinajstić information content (AvgIpc) is 3.24. The SMILES string of the molecule is CCc1c(C#N)c(SC(C(N)=O)c2ccccc2)nc(N2CCC(N3[C@H](C)CC[C@H]3C)CC2)c1C#N. The van der Waals surface area contributed by atoms with Crippen molar-refractivity contribution >= 4 is 23.5 Å². The van der Waals surface area contributed by atoms with Crippen molar-refractivity contribution in [2.45, 2.75) is 81.3 Å². The number of piperidine rings is 1. The minimum atomic E-state index is -0.680. The Labute approximate surface area is 218 Å². The summed E-state index contributed by atoms with van der Waals surface area (Å²) in [5, 5.41) is 19.9. The molecule has 0 aliphatic carbocycles. The third-order valence-electron chi connectivity index (χ3n) is 7.62. The topological polar surface area (TPSA) is 110 Å². The summed E-state index contributed by atoms with van der Waals surface area (Å²) >= 11 is 1.20. The van der Waals surface area contributed by atoms with E-state index < -0.39 is 11.2 Å². The third-order valence-corrected chi connectivity index (χ3v) is 8.88. The number of carbonyl (C=O) groups is 1. The van der Waals surface area contributed by atoms with E-state index in [2.05, 4.69) is 35.8 Å². The number of likely N-dealkylation sites (tertiary alicyclic amines) is 1. The van der Waals surface area contributed by atoms with E-state index in [1.165, 1.54) is 24.6 Å². The minimum absolute atomic E-state index is 0.361. The van der Waals surface area contributed by atoms with Crippen LogP contribution in [0.1, 0.15) is 74.0 Å². The largest absolute Gasteiger partial charge is 0.368 e. The maximum absolute atomic E-state index is 12.4. The number of nitriles is 2. The monoisotopic (exact) mass is 502 g/mol. The Morgan fingerprint density at radius 2 is 1.69 bits per heavy atom. The third kappa shape index (κ3) is 5.07. The number of thioether (sulfide) groups is 1. The van der Waals surface area contributed by atoms with E-state index in [0.717, 1.165) is 31.5 Å². The molecule has 188 valence electrons. The first-order valence-corrected chi connectivity index (χ1v) is 13.7. The molecule has 0 spiro atoms. The highest BCUT2D eigenvalue weighted by atomic mass is 32.2. The number of rotatable bonds is 7. The molecule has 4 rings (SSSR count). The molecule has 8 heteroatoms. The number of benzene rings is 1. The van der Waals surface area contributed by atoms with Crippen molar-refractivity contribution in [3.8, 4) is 12.1 Å². The summed E-state index contributed by atoms with van der Waals surface area (Å²) in [5.41, 5.74) is 8.05. The second-order valence-corrected chi connectivity index (χ2v) is 10.9. The van der Waals surface area contributed by atoms with Crippen molar-refractivity contribution in [3.05, 3.63) is 52.6 Å². The fourth-order valence-corrected chi connectivity index (χ4v) is 6.90. The van der Waals surface area contributed by atoms with Gasteiger partial charge in [0.1, 0.15) is 28.2 Å². The van der Waals surface area contributed by atoms with E-state index in [4.69, 9.17) is 10.7 Å². The molecule has 7 nitrogen and oxygen atoms in total. The molecule has 2 aliphatic heterocycles. The summed E-state index contributed by atoms with van der Waals surface area (Å²) in [5.74, 6) is 0.128. The first kappa shape index (κ1) is 26.0. The van der Waals surface area contributed by atoms with Crippen molar-refractivity contribution in [2.75, 3.05) is 18.0 Å². The molecule has 1 amide bonds. The van der Waals surface area contributed by atoms with Gasteiger partial charge in [0.05, 0.1) is 11.1 Å². The van der Waals surface area contributed by atoms with Crippen molar-refractivity contribution in [1.29, 1.82) is 10.5 Å². The van der Waals surface area contributed by atoms with Crippen molar-refractivity contribution in [2.24, 2.45) is 5.73 Å². The van der Waals surface area contributed by atoms with Crippen LogP contribution in [0.2, 0.25) is 0 Å². The van der Waals surface area contributed by atoms with Gasteiger partial charge >= 0.3 is 0 Å². The van der Waals surface area contributed by atoms with E-state index in [1.54, 1.807) is 0 Å². The van der Waals surface area contributed by atoms with Gasteiger partial charge < -0.3 is 10.6 Å². The Kier molecular flexibility index (Phi) is 8.18. The first-order valence-electron chi connectivity index (χ1n) is 12.8. The van der Waals surface area contributed by atoms with Crippen LogP contribution >= 0.6 is 11.8 Å². The van der Waals surface area contributed by atoms with Gasteiger partial charge in [0.15, 0.2) is 0 Å². The molecule has 36 heavy (non-hydrogen) atoms. The highest BCUT2D eigenvalue weighted by Crippen LogP contribution is 2.40. The fraction of sp³-hybridized carbons (Fsp3) is 0.500. The van der Waals surface area contributed by atoms with Crippen LogP contribution in [-0.2, 0) is 11.2 Å². The second kappa shape index (κ2) is 11.3. The molecule has 3 atom stereocenters. The van der Waals surface area contributed by atoms with Gasteiger partial charge in [-0.25, -0.2) is 4.98 Å². The molecule has 0 saturated carbocycles. The van der Waals surface area contributed by atoms with Gasteiger partial charge in [0, 0.05) is 31.2 Å². The Bertz CT molecular complexity index is 1170. The minimum Gasteiger partial charge on any atom is -0.368 e. The van der Waals surface area contributed by atoms with Gasteiger partial charge in [0.2, 0.25) is 5.91 Å². The first-order chi connectivity index (χ1) is 17.4. The zero-order valence-electron chi connectivity index (χ0n) is 21.3. The second-order valence-electron chi connectivity index (χ2n) is 9.80. The maximum Gasteiger partial charge on any atom is 0.235 e. The lowest BCUT2D eigenvalue weighted by Gasteiger charge is -2.41. The predicted octanol–water partition coefficient (Wildman–Crippen LogP) is 4.55. The van der Waals surface area contributed by atoms with Gasteiger partial charge in [-0.2, -0.15) is 10.5 Å². The van der Waals surface area contributed by atoms with Crippen LogP contribution in [0, 0.1) is 22.7 Å². The quantitative estimate of drug-likeness (QED) is 0.553. The summed E-state index contributed by atoms with van der Waals surface area (Å²) < 4.78 is 0. The predicted molar refractivity (Wildman–Crippen MR) is 143 cm³/mol. The zero-order valence-corrected chi connectivity index (χ0v) is 22.1. The molecule has 1 aromatic carbocycles. The molecule has 3 heterocycles. The number of amides is 1. The van der Waals surface area contributed by atoms with Crippen molar-refractivity contribution in [1.82, 2.24) is 9.88 Å². The fourth-order valence-electron chi connectivity index (χ4n) is 5.84. The molecule has 2 fully saturated rings. The molecule has 2 saturated heterocycles. The summed E-state index contributed by atoms with van der Waals surface area (Å²) in [6.07, 6.45) is 5.05. The van der Waals surface area contributed by atoms with Crippen LogP contribution in [0.4, 0.5) is 5.82 Å². The van der Waals surface area contributed by atoms with Crippen LogP contribution in [0.5, 0.6) is 0 Å². The summed E-state index contributed by atoms with van der Waals surface area (Å²) in [7, 11) is 0. The Hall–Kier alpha value is -3.07. The molecule has 1 aromatic heterocycles. The lowest BCUT2D eigenvalue weighted by atomic mass is 9.98. The molecule has 0 radical (unpaired) electrons. The molecule has 2 aliphatic rings. The van der Waals surface area contributed by atoms with Crippen LogP contribution in [-0.4, -0.2) is 47.0 Å². The lowest BCUT2D eigenvalue weighted by Crippen LogP contribution is -2.48. The number of anilines is 1. The van der Waals surface area contributed by atoms with E-state index in [1.807, 2.05) is 37.3 Å². The number of primary amides is 1. The zero-order chi connectivity index (χ0) is 25.8. The summed E-state index contributed by atoms with van der Waals surface area (Å²) in [6.45, 7) is 8.20. The van der Waals surface area contributed by atoms with Crippen LogP contribution < -0.4 is 10.6 Å². The molecular formula is C28H34N6OS. The molecular weight excluding hydrogens is 468 g/mol. The number of aromatic nitrogens is 1. The highest BCUT2D eigenvalue weighted by molar-refractivity contribution is 8.00. The molecule has 2 aromatic rings. The Morgan fingerprint density at radius 1 is 1.08 bits per heavy atom. The van der Waals surface area contributed by atoms with Gasteiger partial charge in [-0.1, -0.05) is 49.0 Å². The molecule has 1 unspecified atom stereocenters. The summed E-state index contributed by atoms with van der Waals surface area (Å²) in [6, 6.07) is 15.7. The van der Waals surface area contributed by atoms with Gasteiger partial charge in [0.25, 0.3) is 0 Å². The number of hydrogen-bond donors (Lipinski definition) is 1. The van der Waals surface area contributed by atoms with Crippen LogP contribution in [0.15, 0.2) is 35.4 Å². The number of nitrogens with zero attached hydrogens (tertiary/aromatic N) is 5. The van der Waals surface area contributed by atoms with Gasteiger partial charge in [-0.3, -0.25) is 9.69 Å². The average molecular weight is 503 g/mol. The molecule has 2 N–H and O–H groups in total. The Balaban J connectivity index is 1.67. The number of hydrogen-bond acceptors (Lipinski definition) is 7. The van der Waals surface area contributed by atoms with E-state index in [0.29, 0.717) is 52.1 Å². The normalized spacial score (nSPS) is 21.6. The van der Waals surface area contributed by atoms with Crippen molar-refractivity contribution < 1.29 is 4.79 Å². The van der Waals surface area contributed by atoms with Crippen molar-refractivity contribution in [3.63, 3.8) is 0 Å². The van der Waals surface area contributed by atoms with Crippen LogP contribution in [0.3, 0.4) is 0 Å². The van der Waals surface area contributed by atoms with E-state index >= 15 is 0 Å². The summed E-state index contributed by atoms with van der Waals surface area (Å²) in [4.78, 5) is 22.1. The van der Waals surface area contributed by atoms with E-state index in [9.17, 15) is 15.3 Å². The molecule has 0 bridgehead atoms. The number of pyridine rings is 1. The highest BCUT2D eigenvalue weighted by Gasteiger charge is 2.36. The van der Waals surface area contributed by atoms with Gasteiger partial charge in [-0.05, 0) is 57.1 Å². The Morgan fingerprint density at radius 3 is 2.22 bits per heavy atom. The van der Waals surface area contributed by atoms with E-state index in [-0.39, 0.29) is 0 Å². The standard InChI is InChI=1S/C28H34N6OS/c1-4-22-23(16-29)27(33-14-12-21(13-15-33)34-18(2)10-11-19(34)3)32-28(24(22)17-30)36-25(26(31)35)20-8-6-5-7-9-20/h5-9,18-19,21,25H,4,10-15H2,1-3H3,(H2,31,35)/t18-,19-,25?/m1/s1. The van der Waals surface area contributed by atoms with Crippen LogP contribution in [0.25, 0.3) is 0 Å². The lowest BCUT2D eigenvalue weighted by molar-refractivity contribution is -0.117.